The quantitative estimate of drug-likeness (QED) is 0.0893. The first-order valence-electron chi connectivity index (χ1n) is 12.7. The Bertz CT molecular complexity index is 376. The van der Waals surface area contributed by atoms with E-state index in [1.165, 1.54) is 96.3 Å². The van der Waals surface area contributed by atoms with E-state index in [1.807, 2.05) is 0 Å². The monoisotopic (exact) mass is 474 g/mol. The zero-order valence-corrected chi connectivity index (χ0v) is 20.5. The Balaban J connectivity index is 0. The van der Waals surface area contributed by atoms with Gasteiger partial charge in [0.1, 0.15) is 0 Å². The number of hydrogen-bond donors (Lipinski definition) is 2. The van der Waals surface area contributed by atoms with Crippen LogP contribution in [-0.4, -0.2) is 67.3 Å². The molecule has 0 rings (SSSR count). The molecule has 0 aliphatic heterocycles. The Hall–Kier alpha value is 1.75. The van der Waals surface area contributed by atoms with Crippen molar-refractivity contribution in [3.63, 3.8) is 0 Å². The Morgan fingerprint density at radius 1 is 0.567 bits per heavy atom. The van der Waals surface area contributed by atoms with Crippen LogP contribution in [-0.2, 0) is 9.09 Å². The van der Waals surface area contributed by atoms with Gasteiger partial charge in [0.15, 0.2) is 0 Å². The predicted molar refractivity (Wildman–Crippen MR) is 132 cm³/mol. The first-order chi connectivity index (χ1) is 14.0. The molecule has 0 saturated heterocycles. The van der Waals surface area contributed by atoms with Gasteiger partial charge in [-0.05, 0) is 12.8 Å². The van der Waals surface area contributed by atoms with Gasteiger partial charge in [0.05, 0.1) is 6.10 Å². The maximum atomic E-state index is 11.2. The number of rotatable bonds is 23. The van der Waals surface area contributed by atoms with Crippen LogP contribution in [0.4, 0.5) is 0 Å². The molecule has 30 heavy (non-hydrogen) atoms. The zero-order chi connectivity index (χ0) is 21.6. The van der Waals surface area contributed by atoms with E-state index < -0.39 is 7.82 Å². The third kappa shape index (κ3) is 27.8. The second-order valence-corrected chi connectivity index (χ2v) is 10.00. The molecule has 2 N–H and O–H groups in total. The second kappa shape index (κ2) is 25.4. The molecular weight excluding hydrogens is 422 g/mol. The summed E-state index contributed by atoms with van der Waals surface area (Å²) < 4.78 is 16.3. The average Bonchev–Trinajstić information content (AvgIpc) is 2.66. The summed E-state index contributed by atoms with van der Waals surface area (Å²) in [6.45, 7) is 4.47. The SMILES string of the molecule is CCCCCCCCCCCCCCCC(CCCCCCCC)OP(=O)(O)O.[KH]. The van der Waals surface area contributed by atoms with Crippen LogP contribution < -0.4 is 0 Å². The Kier molecular flexibility index (Phi) is 28.7. The number of phosphoric ester groups is 1. The van der Waals surface area contributed by atoms with Crippen molar-refractivity contribution >= 4 is 59.2 Å². The van der Waals surface area contributed by atoms with E-state index >= 15 is 0 Å². The maximum absolute atomic E-state index is 11.2. The first-order valence-corrected chi connectivity index (χ1v) is 14.3. The molecule has 1 unspecified atom stereocenters. The summed E-state index contributed by atoms with van der Waals surface area (Å²) in [6, 6.07) is 0. The molecule has 0 amide bonds. The number of phosphoric acid groups is 1. The van der Waals surface area contributed by atoms with Crippen molar-refractivity contribution in [2.45, 2.75) is 155 Å². The fraction of sp³-hybridized carbons (Fsp3) is 1.00. The molecule has 178 valence electrons. The van der Waals surface area contributed by atoms with Crippen molar-refractivity contribution in [2.24, 2.45) is 0 Å². The molecule has 0 radical (unpaired) electrons. The van der Waals surface area contributed by atoms with Gasteiger partial charge in [0.2, 0.25) is 0 Å². The summed E-state index contributed by atoms with van der Waals surface area (Å²) in [6.07, 6.45) is 25.5. The van der Waals surface area contributed by atoms with E-state index in [2.05, 4.69) is 13.8 Å². The molecule has 0 aromatic heterocycles. The zero-order valence-electron chi connectivity index (χ0n) is 19.6. The van der Waals surface area contributed by atoms with Gasteiger partial charge < -0.3 is 9.79 Å². The molecule has 6 heteroatoms. The van der Waals surface area contributed by atoms with Gasteiger partial charge >= 0.3 is 59.2 Å². The summed E-state index contributed by atoms with van der Waals surface area (Å²) >= 11 is 0. The van der Waals surface area contributed by atoms with Crippen molar-refractivity contribution in [1.82, 2.24) is 0 Å². The Morgan fingerprint density at radius 3 is 1.10 bits per heavy atom. The van der Waals surface area contributed by atoms with Crippen molar-refractivity contribution in [3.8, 4) is 0 Å². The van der Waals surface area contributed by atoms with E-state index in [-0.39, 0.29) is 57.5 Å². The van der Waals surface area contributed by atoms with Crippen LogP contribution in [0.25, 0.3) is 0 Å². The molecule has 0 saturated carbocycles. The summed E-state index contributed by atoms with van der Waals surface area (Å²) in [5, 5.41) is 0. The average molecular weight is 475 g/mol. The van der Waals surface area contributed by atoms with Gasteiger partial charge in [-0.2, -0.15) is 0 Å². The van der Waals surface area contributed by atoms with E-state index in [0.29, 0.717) is 0 Å². The van der Waals surface area contributed by atoms with E-state index in [4.69, 9.17) is 14.3 Å². The van der Waals surface area contributed by atoms with Crippen molar-refractivity contribution in [3.05, 3.63) is 0 Å². The third-order valence-corrected chi connectivity index (χ3v) is 6.37. The fourth-order valence-electron chi connectivity index (χ4n) is 3.99. The molecule has 0 heterocycles. The topological polar surface area (TPSA) is 66.8 Å². The van der Waals surface area contributed by atoms with Gasteiger partial charge in [-0.15, -0.1) is 0 Å². The Labute approximate surface area is 230 Å². The van der Waals surface area contributed by atoms with Gasteiger partial charge in [-0.1, -0.05) is 136 Å². The van der Waals surface area contributed by atoms with Crippen molar-refractivity contribution in [2.75, 3.05) is 0 Å². The molecule has 0 aliphatic carbocycles. The van der Waals surface area contributed by atoms with Crippen LogP contribution >= 0.6 is 7.82 Å². The predicted octanol–water partition coefficient (Wildman–Crippen LogP) is 8.05. The van der Waals surface area contributed by atoms with Gasteiger partial charge in [-0.25, -0.2) is 4.57 Å². The van der Waals surface area contributed by atoms with Gasteiger partial charge in [-0.3, -0.25) is 4.52 Å². The van der Waals surface area contributed by atoms with Crippen LogP contribution in [0.3, 0.4) is 0 Å². The van der Waals surface area contributed by atoms with Crippen LogP contribution in [0, 0.1) is 0 Å². The number of unbranched alkanes of at least 4 members (excludes halogenated alkanes) is 17. The molecule has 0 bridgehead atoms. The third-order valence-electron chi connectivity index (χ3n) is 5.80. The molecular formula is C24H52KO4P. The van der Waals surface area contributed by atoms with Crippen LogP contribution in [0.5, 0.6) is 0 Å². The van der Waals surface area contributed by atoms with Gasteiger partial charge in [0, 0.05) is 0 Å². The minimum atomic E-state index is -4.37. The van der Waals surface area contributed by atoms with Crippen LogP contribution in [0.2, 0.25) is 0 Å². The van der Waals surface area contributed by atoms with Crippen LogP contribution in [0.1, 0.15) is 149 Å². The van der Waals surface area contributed by atoms with Crippen molar-refractivity contribution in [1.29, 1.82) is 0 Å². The van der Waals surface area contributed by atoms with E-state index in [9.17, 15) is 4.57 Å². The molecule has 0 aliphatic rings. The molecule has 4 nitrogen and oxygen atoms in total. The van der Waals surface area contributed by atoms with Crippen molar-refractivity contribution < 1.29 is 18.9 Å². The van der Waals surface area contributed by atoms with E-state index in [1.54, 1.807) is 0 Å². The molecule has 0 aromatic rings. The molecule has 0 fully saturated rings. The number of hydrogen-bond acceptors (Lipinski definition) is 2. The molecule has 0 spiro atoms. The summed E-state index contributed by atoms with van der Waals surface area (Å²) in [5.74, 6) is 0. The van der Waals surface area contributed by atoms with Gasteiger partial charge in [0.25, 0.3) is 0 Å². The summed E-state index contributed by atoms with van der Waals surface area (Å²) in [4.78, 5) is 18.3. The Morgan fingerprint density at radius 2 is 0.833 bits per heavy atom. The van der Waals surface area contributed by atoms with Crippen LogP contribution in [0.15, 0.2) is 0 Å². The standard InChI is InChI=1S/C24H51O4P.K.H/c1-3-5-7-9-11-12-13-14-15-16-17-19-21-23-24(28-29(25,26)27)22-20-18-10-8-6-4-2;;/h24H,3-23H2,1-2H3,(H2,25,26,27);;. The van der Waals surface area contributed by atoms with E-state index in [0.717, 1.165) is 38.5 Å². The molecule has 1 atom stereocenters. The second-order valence-electron chi connectivity index (χ2n) is 8.81. The first kappa shape index (κ1) is 33.9. The summed E-state index contributed by atoms with van der Waals surface area (Å²) in [7, 11) is -4.37. The minimum absolute atomic E-state index is 0. The normalized spacial score (nSPS) is 12.7. The fourth-order valence-corrected chi connectivity index (χ4v) is 4.59. The molecule has 0 aromatic carbocycles. The summed E-state index contributed by atoms with van der Waals surface area (Å²) in [5.41, 5.74) is 0.